The van der Waals surface area contributed by atoms with E-state index in [1.165, 1.54) is 6.07 Å². The van der Waals surface area contributed by atoms with Crippen LogP contribution >= 0.6 is 0 Å². The number of likely N-dealkylation sites (tertiary alicyclic amines) is 1. The van der Waals surface area contributed by atoms with E-state index >= 15 is 0 Å². The Labute approximate surface area is 173 Å². The normalized spacial score (nSPS) is 16.4. The summed E-state index contributed by atoms with van der Waals surface area (Å²) in [5.74, 6) is 1.78. The van der Waals surface area contributed by atoms with Crippen molar-refractivity contribution in [2.45, 2.75) is 31.7 Å². The van der Waals surface area contributed by atoms with Gasteiger partial charge in [0.15, 0.2) is 0 Å². The molecule has 1 fully saturated rings. The van der Waals surface area contributed by atoms with Crippen LogP contribution in [-0.4, -0.2) is 27.3 Å². The highest BCUT2D eigenvalue weighted by Crippen LogP contribution is 2.32. The number of H-pyrrole nitrogens is 1. The second-order valence-corrected chi connectivity index (χ2v) is 7.63. The van der Waals surface area contributed by atoms with Crippen LogP contribution in [0, 0.1) is 5.82 Å². The van der Waals surface area contributed by atoms with Gasteiger partial charge in [-0.25, -0.2) is 9.37 Å². The molecule has 0 aliphatic carbocycles. The van der Waals surface area contributed by atoms with E-state index in [1.807, 2.05) is 35.2 Å². The van der Waals surface area contributed by atoms with Crippen LogP contribution in [0.1, 0.15) is 36.9 Å². The molecule has 2 aromatic heterocycles. The third kappa shape index (κ3) is 3.49. The molecular weight excluding hydrogens is 381 g/mol. The zero-order valence-corrected chi connectivity index (χ0v) is 16.5. The molecule has 3 heterocycles. The Morgan fingerprint density at radius 2 is 1.97 bits per heavy atom. The average Bonchev–Trinajstić information content (AvgIpc) is 3.51. The number of benzene rings is 2. The predicted octanol–water partition coefficient (Wildman–Crippen LogP) is 5.26. The van der Waals surface area contributed by atoms with Crippen molar-refractivity contribution in [2.24, 2.45) is 0 Å². The number of carbonyl (C=O) groups is 1. The first-order valence-electron chi connectivity index (χ1n) is 10.3. The van der Waals surface area contributed by atoms with Crippen molar-refractivity contribution in [3.63, 3.8) is 0 Å². The van der Waals surface area contributed by atoms with E-state index in [-0.39, 0.29) is 17.8 Å². The highest BCUT2D eigenvalue weighted by Gasteiger charge is 2.31. The number of aromatic nitrogens is 2. The third-order valence-electron chi connectivity index (χ3n) is 5.68. The van der Waals surface area contributed by atoms with E-state index in [1.54, 1.807) is 24.3 Å². The van der Waals surface area contributed by atoms with Crippen molar-refractivity contribution in [1.82, 2.24) is 14.9 Å². The molecule has 30 heavy (non-hydrogen) atoms. The number of amides is 1. The lowest BCUT2D eigenvalue weighted by Crippen LogP contribution is -2.31. The summed E-state index contributed by atoms with van der Waals surface area (Å²) < 4.78 is 19.7. The molecule has 1 N–H and O–H groups in total. The Morgan fingerprint density at radius 1 is 1.13 bits per heavy atom. The van der Waals surface area contributed by atoms with E-state index in [0.717, 1.165) is 36.2 Å². The van der Waals surface area contributed by atoms with Gasteiger partial charge >= 0.3 is 0 Å². The lowest BCUT2D eigenvalue weighted by atomic mass is 10.1. The minimum absolute atomic E-state index is 0.0181. The van der Waals surface area contributed by atoms with Gasteiger partial charge in [0.2, 0.25) is 5.91 Å². The molecule has 0 spiro atoms. The van der Waals surface area contributed by atoms with Crippen molar-refractivity contribution in [3.05, 3.63) is 78.1 Å². The summed E-state index contributed by atoms with van der Waals surface area (Å²) in [6, 6.07) is 18.0. The number of rotatable bonds is 5. The van der Waals surface area contributed by atoms with Crippen LogP contribution < -0.4 is 0 Å². The van der Waals surface area contributed by atoms with Gasteiger partial charge < -0.3 is 14.3 Å². The molecule has 5 rings (SSSR count). The zero-order valence-electron chi connectivity index (χ0n) is 16.5. The van der Waals surface area contributed by atoms with Gasteiger partial charge in [0.05, 0.1) is 22.6 Å². The Hall–Kier alpha value is -3.41. The molecule has 4 aromatic rings. The predicted molar refractivity (Wildman–Crippen MR) is 112 cm³/mol. The van der Waals surface area contributed by atoms with Crippen molar-refractivity contribution in [3.8, 4) is 11.3 Å². The maximum atomic E-state index is 14.0. The SMILES string of the molecule is O=C(CCc1ccc(-c2ccccc2F)o1)N1CCCC1c1nc2ccccc2[nH]1. The highest BCUT2D eigenvalue weighted by atomic mass is 19.1. The first kappa shape index (κ1) is 18.6. The van der Waals surface area contributed by atoms with Crippen LogP contribution in [0.2, 0.25) is 0 Å². The number of aryl methyl sites for hydroxylation is 1. The second-order valence-electron chi connectivity index (χ2n) is 7.63. The van der Waals surface area contributed by atoms with E-state index in [9.17, 15) is 9.18 Å². The van der Waals surface area contributed by atoms with Crippen LogP contribution in [0.3, 0.4) is 0 Å². The molecule has 0 bridgehead atoms. The number of carbonyl (C=O) groups excluding carboxylic acids is 1. The smallest absolute Gasteiger partial charge is 0.223 e. The Balaban J connectivity index is 1.27. The number of hydrogen-bond acceptors (Lipinski definition) is 3. The van der Waals surface area contributed by atoms with Crippen LogP contribution in [0.15, 0.2) is 65.1 Å². The Kier molecular flexibility index (Phi) is 4.83. The topological polar surface area (TPSA) is 62.1 Å². The fourth-order valence-electron chi connectivity index (χ4n) is 4.17. The van der Waals surface area contributed by atoms with Gasteiger partial charge in [-0.1, -0.05) is 24.3 Å². The van der Waals surface area contributed by atoms with Gasteiger partial charge in [0, 0.05) is 19.4 Å². The standard InChI is InChI=1S/C24H22FN3O2/c25-18-7-2-1-6-17(18)22-13-11-16(30-22)12-14-23(29)28-15-5-10-21(28)24-26-19-8-3-4-9-20(19)27-24/h1-4,6-9,11,13,21H,5,10,12,14-15H2,(H,26,27). The molecule has 2 aromatic carbocycles. The van der Waals surface area contributed by atoms with Crippen LogP contribution in [0.5, 0.6) is 0 Å². The molecule has 1 atom stereocenters. The maximum absolute atomic E-state index is 14.0. The summed E-state index contributed by atoms with van der Waals surface area (Å²) in [7, 11) is 0. The third-order valence-corrected chi connectivity index (χ3v) is 5.68. The number of hydrogen-bond donors (Lipinski definition) is 1. The monoisotopic (exact) mass is 403 g/mol. The lowest BCUT2D eigenvalue weighted by molar-refractivity contribution is -0.132. The molecule has 1 amide bonds. The minimum Gasteiger partial charge on any atom is -0.461 e. The lowest BCUT2D eigenvalue weighted by Gasteiger charge is -2.23. The fourth-order valence-corrected chi connectivity index (χ4v) is 4.17. The summed E-state index contributed by atoms with van der Waals surface area (Å²) in [4.78, 5) is 22.9. The first-order chi connectivity index (χ1) is 14.7. The van der Waals surface area contributed by atoms with Crippen molar-refractivity contribution < 1.29 is 13.6 Å². The number of imidazole rings is 1. The second kappa shape index (κ2) is 7.78. The molecule has 5 nitrogen and oxygen atoms in total. The molecule has 1 saturated heterocycles. The summed E-state index contributed by atoms with van der Waals surface area (Å²) in [5.41, 5.74) is 2.34. The number of furan rings is 1. The summed E-state index contributed by atoms with van der Waals surface area (Å²) >= 11 is 0. The van der Waals surface area contributed by atoms with E-state index in [2.05, 4.69) is 9.97 Å². The molecule has 1 aliphatic rings. The molecule has 0 saturated carbocycles. The van der Waals surface area contributed by atoms with E-state index < -0.39 is 0 Å². The fraction of sp³-hybridized carbons (Fsp3) is 0.250. The van der Waals surface area contributed by atoms with Gasteiger partial charge in [-0.15, -0.1) is 0 Å². The summed E-state index contributed by atoms with van der Waals surface area (Å²) in [6.45, 7) is 0.735. The zero-order chi connectivity index (χ0) is 20.5. The summed E-state index contributed by atoms with van der Waals surface area (Å²) in [5, 5.41) is 0. The highest BCUT2D eigenvalue weighted by molar-refractivity contribution is 5.78. The van der Waals surface area contributed by atoms with Crippen molar-refractivity contribution >= 4 is 16.9 Å². The number of fused-ring (bicyclic) bond motifs is 1. The maximum Gasteiger partial charge on any atom is 0.223 e. The number of halogens is 1. The van der Waals surface area contributed by atoms with Gasteiger partial charge in [0.25, 0.3) is 0 Å². The van der Waals surface area contributed by atoms with Crippen LogP contribution in [0.25, 0.3) is 22.4 Å². The van der Waals surface area contributed by atoms with Crippen LogP contribution in [-0.2, 0) is 11.2 Å². The van der Waals surface area contributed by atoms with Gasteiger partial charge in [-0.2, -0.15) is 0 Å². The number of nitrogens with one attached hydrogen (secondary N) is 1. The quantitative estimate of drug-likeness (QED) is 0.494. The van der Waals surface area contributed by atoms with Crippen molar-refractivity contribution in [2.75, 3.05) is 6.54 Å². The van der Waals surface area contributed by atoms with E-state index in [4.69, 9.17) is 4.42 Å². The average molecular weight is 403 g/mol. The number of para-hydroxylation sites is 2. The first-order valence-corrected chi connectivity index (χ1v) is 10.3. The molecule has 1 unspecified atom stereocenters. The number of aromatic amines is 1. The molecule has 1 aliphatic heterocycles. The number of nitrogens with zero attached hydrogens (tertiary/aromatic N) is 2. The van der Waals surface area contributed by atoms with E-state index in [0.29, 0.717) is 29.9 Å². The molecule has 0 radical (unpaired) electrons. The minimum atomic E-state index is -0.319. The van der Waals surface area contributed by atoms with Gasteiger partial charge in [-0.05, 0) is 49.2 Å². The molecular formula is C24H22FN3O2. The molecule has 6 heteroatoms. The van der Waals surface area contributed by atoms with Crippen LogP contribution in [0.4, 0.5) is 4.39 Å². The Morgan fingerprint density at radius 3 is 2.83 bits per heavy atom. The van der Waals surface area contributed by atoms with Gasteiger partial charge in [-0.3, -0.25) is 4.79 Å². The Bertz CT molecular complexity index is 1160. The summed E-state index contributed by atoms with van der Waals surface area (Å²) in [6.07, 6.45) is 2.70. The van der Waals surface area contributed by atoms with Crippen molar-refractivity contribution in [1.29, 1.82) is 0 Å². The van der Waals surface area contributed by atoms with Gasteiger partial charge in [0.1, 0.15) is 23.2 Å². The molecule has 152 valence electrons. The largest absolute Gasteiger partial charge is 0.461 e.